The molecule has 0 saturated carbocycles. The minimum atomic E-state index is -0.0682. The van der Waals surface area contributed by atoms with Crippen LogP contribution in [0.1, 0.15) is 24.3 Å². The number of benzene rings is 1. The van der Waals surface area contributed by atoms with Crippen molar-refractivity contribution in [2.75, 3.05) is 31.6 Å². The van der Waals surface area contributed by atoms with Crippen molar-refractivity contribution in [3.8, 4) is 11.5 Å². The lowest BCUT2D eigenvalue weighted by molar-refractivity contribution is 0.172. The Morgan fingerprint density at radius 2 is 2.00 bits per heavy atom. The van der Waals surface area contributed by atoms with E-state index in [0.717, 1.165) is 25.9 Å². The minimum Gasteiger partial charge on any atom is -0.486 e. The number of hydrogen-bond acceptors (Lipinski definition) is 4. The predicted octanol–water partition coefficient (Wildman–Crippen LogP) is 3.93. The number of urea groups is 1. The van der Waals surface area contributed by atoms with Gasteiger partial charge in [-0.15, -0.1) is 0 Å². The predicted molar refractivity (Wildman–Crippen MR) is 94.3 cm³/mol. The van der Waals surface area contributed by atoms with Crippen LogP contribution >= 0.6 is 11.3 Å². The van der Waals surface area contributed by atoms with Gasteiger partial charge >= 0.3 is 6.03 Å². The Morgan fingerprint density at radius 1 is 1.17 bits per heavy atom. The molecule has 2 amide bonds. The third-order valence-corrected chi connectivity index (χ3v) is 5.31. The summed E-state index contributed by atoms with van der Waals surface area (Å²) in [6.07, 6.45) is 2.02. The van der Waals surface area contributed by atoms with Gasteiger partial charge in [0, 0.05) is 13.1 Å². The first-order chi connectivity index (χ1) is 11.8. The molecule has 5 nitrogen and oxygen atoms in total. The number of piperidine rings is 1. The Bertz CT molecular complexity index is 709. The largest absolute Gasteiger partial charge is 0.486 e. The molecule has 0 atom stereocenters. The molecule has 3 heterocycles. The highest BCUT2D eigenvalue weighted by Crippen LogP contribution is 2.37. The van der Waals surface area contributed by atoms with E-state index >= 15 is 0 Å². The maximum Gasteiger partial charge on any atom is 0.321 e. The summed E-state index contributed by atoms with van der Waals surface area (Å²) in [5.74, 6) is 1.89. The molecule has 1 N–H and O–H groups in total. The van der Waals surface area contributed by atoms with E-state index in [2.05, 4.69) is 22.1 Å². The second-order valence-electron chi connectivity index (χ2n) is 6.08. The molecule has 24 heavy (non-hydrogen) atoms. The zero-order valence-corrected chi connectivity index (χ0v) is 14.2. The Hall–Kier alpha value is -2.21. The number of nitrogens with zero attached hydrogens (tertiary/aromatic N) is 1. The van der Waals surface area contributed by atoms with Gasteiger partial charge in [0.05, 0.1) is 5.69 Å². The summed E-state index contributed by atoms with van der Waals surface area (Å²) in [6.45, 7) is 2.60. The molecule has 0 unspecified atom stereocenters. The molecule has 6 heteroatoms. The first kappa shape index (κ1) is 15.3. The molecule has 0 bridgehead atoms. The van der Waals surface area contributed by atoms with Gasteiger partial charge in [0.25, 0.3) is 0 Å². The SMILES string of the molecule is O=C(Nc1cccc2c1OCCO2)N1CCC(c2ccsc2)CC1. The molecule has 4 rings (SSSR count). The fourth-order valence-corrected chi connectivity index (χ4v) is 4.03. The first-order valence-electron chi connectivity index (χ1n) is 8.28. The van der Waals surface area contributed by atoms with Crippen LogP contribution in [-0.4, -0.2) is 37.2 Å². The van der Waals surface area contributed by atoms with Crippen LogP contribution in [-0.2, 0) is 0 Å². The number of ether oxygens (including phenoxy) is 2. The summed E-state index contributed by atoms with van der Waals surface area (Å²) in [7, 11) is 0. The van der Waals surface area contributed by atoms with Gasteiger partial charge in [-0.1, -0.05) is 6.07 Å². The van der Waals surface area contributed by atoms with Crippen LogP contribution in [0.15, 0.2) is 35.0 Å². The van der Waals surface area contributed by atoms with E-state index in [-0.39, 0.29) is 6.03 Å². The number of likely N-dealkylation sites (tertiary alicyclic amines) is 1. The van der Waals surface area contributed by atoms with Crippen LogP contribution in [0.3, 0.4) is 0 Å². The normalized spacial score (nSPS) is 17.6. The van der Waals surface area contributed by atoms with Crippen molar-refractivity contribution in [1.82, 2.24) is 4.90 Å². The lowest BCUT2D eigenvalue weighted by atomic mass is 9.91. The van der Waals surface area contributed by atoms with Gasteiger partial charge in [0.1, 0.15) is 13.2 Å². The molecule has 2 aliphatic heterocycles. The summed E-state index contributed by atoms with van der Waals surface area (Å²) in [6, 6.07) is 7.70. The summed E-state index contributed by atoms with van der Waals surface area (Å²) in [5.41, 5.74) is 2.08. The van der Waals surface area contributed by atoms with Gasteiger partial charge in [-0.25, -0.2) is 4.79 Å². The number of thiophene rings is 1. The number of nitrogens with one attached hydrogen (secondary N) is 1. The fourth-order valence-electron chi connectivity index (χ4n) is 3.29. The Morgan fingerprint density at radius 3 is 2.79 bits per heavy atom. The summed E-state index contributed by atoms with van der Waals surface area (Å²) in [4.78, 5) is 14.4. The van der Waals surface area contributed by atoms with Crippen molar-refractivity contribution in [3.05, 3.63) is 40.6 Å². The molecule has 1 saturated heterocycles. The molecular formula is C18H20N2O3S. The monoisotopic (exact) mass is 344 g/mol. The van der Waals surface area contributed by atoms with Gasteiger partial charge in [-0.2, -0.15) is 11.3 Å². The van der Waals surface area contributed by atoms with Gasteiger partial charge < -0.3 is 19.7 Å². The van der Waals surface area contributed by atoms with Crippen molar-refractivity contribution >= 4 is 23.1 Å². The van der Waals surface area contributed by atoms with Gasteiger partial charge in [-0.3, -0.25) is 0 Å². The van der Waals surface area contributed by atoms with Crippen LogP contribution in [0.25, 0.3) is 0 Å². The molecule has 2 aliphatic rings. The van der Waals surface area contributed by atoms with Crippen LogP contribution in [0.4, 0.5) is 10.5 Å². The quantitative estimate of drug-likeness (QED) is 0.898. The third kappa shape index (κ3) is 3.06. The average molecular weight is 344 g/mol. The van der Waals surface area contributed by atoms with E-state index in [1.54, 1.807) is 11.3 Å². The second kappa shape index (κ2) is 6.73. The van der Waals surface area contributed by atoms with Crippen LogP contribution in [0, 0.1) is 0 Å². The number of fused-ring (bicyclic) bond motifs is 1. The molecule has 1 fully saturated rings. The van der Waals surface area contributed by atoms with Crippen molar-refractivity contribution < 1.29 is 14.3 Å². The number of hydrogen-bond donors (Lipinski definition) is 1. The van der Waals surface area contributed by atoms with E-state index in [4.69, 9.17) is 9.47 Å². The van der Waals surface area contributed by atoms with E-state index in [9.17, 15) is 4.79 Å². The molecule has 126 valence electrons. The highest BCUT2D eigenvalue weighted by atomic mass is 32.1. The maximum absolute atomic E-state index is 12.6. The standard InChI is InChI=1S/C18H20N2O3S/c21-18(19-15-2-1-3-16-17(15)23-10-9-22-16)20-7-4-13(5-8-20)14-6-11-24-12-14/h1-3,6,11-13H,4-5,7-10H2,(H,19,21). The van der Waals surface area contributed by atoms with E-state index in [1.165, 1.54) is 5.56 Å². The Balaban J connectivity index is 1.39. The molecule has 2 aromatic rings. The van der Waals surface area contributed by atoms with Crippen molar-refractivity contribution in [1.29, 1.82) is 0 Å². The first-order valence-corrected chi connectivity index (χ1v) is 9.22. The van der Waals surface area contributed by atoms with Crippen LogP contribution in [0.2, 0.25) is 0 Å². The van der Waals surface area contributed by atoms with Crippen molar-refractivity contribution in [3.63, 3.8) is 0 Å². The fraction of sp³-hybridized carbons (Fsp3) is 0.389. The zero-order chi connectivity index (χ0) is 16.4. The second-order valence-corrected chi connectivity index (χ2v) is 6.86. The van der Waals surface area contributed by atoms with Gasteiger partial charge in [0.2, 0.25) is 0 Å². The number of anilines is 1. The number of carbonyl (C=O) groups is 1. The number of amides is 2. The highest BCUT2D eigenvalue weighted by Gasteiger charge is 2.25. The highest BCUT2D eigenvalue weighted by molar-refractivity contribution is 7.07. The van der Waals surface area contributed by atoms with Gasteiger partial charge in [-0.05, 0) is 53.3 Å². The topological polar surface area (TPSA) is 50.8 Å². The smallest absolute Gasteiger partial charge is 0.321 e. The van der Waals surface area contributed by atoms with Gasteiger partial charge in [0.15, 0.2) is 11.5 Å². The molecule has 0 radical (unpaired) electrons. The number of rotatable bonds is 2. The van der Waals surface area contributed by atoms with E-state index in [0.29, 0.717) is 36.3 Å². The third-order valence-electron chi connectivity index (χ3n) is 4.60. The summed E-state index contributed by atoms with van der Waals surface area (Å²) in [5, 5.41) is 7.31. The van der Waals surface area contributed by atoms with Crippen molar-refractivity contribution in [2.24, 2.45) is 0 Å². The van der Waals surface area contributed by atoms with E-state index < -0.39 is 0 Å². The van der Waals surface area contributed by atoms with Crippen LogP contribution < -0.4 is 14.8 Å². The average Bonchev–Trinajstić information content (AvgIpc) is 3.17. The molecular weight excluding hydrogens is 324 g/mol. The molecule has 1 aromatic carbocycles. The maximum atomic E-state index is 12.6. The molecule has 1 aromatic heterocycles. The lowest BCUT2D eigenvalue weighted by Gasteiger charge is -2.32. The summed E-state index contributed by atoms with van der Waals surface area (Å²) >= 11 is 1.74. The summed E-state index contributed by atoms with van der Waals surface area (Å²) < 4.78 is 11.2. The van der Waals surface area contributed by atoms with Crippen molar-refractivity contribution in [2.45, 2.75) is 18.8 Å². The number of carbonyl (C=O) groups excluding carboxylic acids is 1. The number of para-hydroxylation sites is 1. The lowest BCUT2D eigenvalue weighted by Crippen LogP contribution is -2.40. The minimum absolute atomic E-state index is 0.0682. The van der Waals surface area contributed by atoms with Crippen LogP contribution in [0.5, 0.6) is 11.5 Å². The zero-order valence-electron chi connectivity index (χ0n) is 13.4. The molecule has 0 aliphatic carbocycles. The molecule has 0 spiro atoms. The Kier molecular flexibility index (Phi) is 4.30. The Labute approximate surface area is 145 Å². The van der Waals surface area contributed by atoms with E-state index in [1.807, 2.05) is 23.1 Å².